The first-order valence-electron chi connectivity index (χ1n) is 10.3. The minimum Gasteiger partial charge on any atom is -0.340 e. The summed E-state index contributed by atoms with van der Waals surface area (Å²) in [6.45, 7) is 2.06. The second-order valence-corrected chi connectivity index (χ2v) is 7.97. The maximum Gasteiger partial charge on any atom is 0.222 e. The smallest absolute Gasteiger partial charge is 0.222 e. The number of carbonyl (C=O) groups excluding carboxylic acids is 2. The molecule has 2 heterocycles. The van der Waals surface area contributed by atoms with Gasteiger partial charge >= 0.3 is 0 Å². The summed E-state index contributed by atoms with van der Waals surface area (Å²) in [7, 11) is 0. The van der Waals surface area contributed by atoms with Crippen LogP contribution >= 0.6 is 0 Å². The predicted molar refractivity (Wildman–Crippen MR) is 95.6 cm³/mol. The molecule has 0 spiro atoms. The van der Waals surface area contributed by atoms with E-state index in [2.05, 4.69) is 9.80 Å². The van der Waals surface area contributed by atoms with E-state index < -0.39 is 0 Å². The van der Waals surface area contributed by atoms with Crippen LogP contribution in [0.1, 0.15) is 89.9 Å². The summed E-state index contributed by atoms with van der Waals surface area (Å²) in [4.78, 5) is 27.0. The zero-order valence-corrected chi connectivity index (χ0v) is 15.2. The second-order valence-electron chi connectivity index (χ2n) is 7.97. The lowest BCUT2D eigenvalue weighted by atomic mass is 9.94. The van der Waals surface area contributed by atoms with E-state index in [4.69, 9.17) is 0 Å². The Morgan fingerprint density at radius 1 is 0.542 bits per heavy atom. The molecule has 4 rings (SSSR count). The van der Waals surface area contributed by atoms with E-state index in [1.165, 1.54) is 64.2 Å². The Morgan fingerprint density at radius 2 is 0.917 bits per heavy atom. The third-order valence-corrected chi connectivity index (χ3v) is 6.25. The normalized spacial score (nSPS) is 26.7. The third-order valence-electron chi connectivity index (χ3n) is 6.25. The van der Waals surface area contributed by atoms with E-state index in [1.807, 2.05) is 0 Å². The van der Waals surface area contributed by atoms with Gasteiger partial charge in [0.2, 0.25) is 11.8 Å². The van der Waals surface area contributed by atoms with Gasteiger partial charge in [0.05, 0.1) is 0 Å². The fourth-order valence-electron chi connectivity index (χ4n) is 4.90. The average molecular weight is 335 g/mol. The number of nitrogens with zero attached hydrogens (tertiary/aromatic N) is 2. The molecule has 2 saturated carbocycles. The molecule has 0 N–H and O–H groups in total. The van der Waals surface area contributed by atoms with Crippen LogP contribution in [-0.2, 0) is 9.59 Å². The number of likely N-dealkylation sites (tertiary alicyclic amines) is 2. The van der Waals surface area contributed by atoms with Crippen molar-refractivity contribution in [3.05, 3.63) is 0 Å². The highest BCUT2D eigenvalue weighted by Gasteiger charge is 2.29. The minimum atomic E-state index is 0.405. The Bertz CT molecular complexity index is 385. The second kappa shape index (κ2) is 8.87. The first kappa shape index (κ1) is 17.8. The van der Waals surface area contributed by atoms with Crippen LogP contribution in [0, 0.1) is 0 Å². The summed E-state index contributed by atoms with van der Waals surface area (Å²) >= 11 is 0. The Labute approximate surface area is 146 Å². The van der Waals surface area contributed by atoms with Gasteiger partial charge in [0, 0.05) is 38.0 Å². The van der Waals surface area contributed by atoms with E-state index in [0.29, 0.717) is 23.9 Å². The van der Waals surface area contributed by atoms with Crippen LogP contribution in [0.5, 0.6) is 0 Å². The highest BCUT2D eigenvalue weighted by atomic mass is 16.2. The van der Waals surface area contributed by atoms with Crippen molar-refractivity contribution in [3.63, 3.8) is 0 Å². The van der Waals surface area contributed by atoms with E-state index in [0.717, 1.165) is 38.8 Å². The van der Waals surface area contributed by atoms with Gasteiger partial charge in [0.25, 0.3) is 0 Å². The van der Waals surface area contributed by atoms with E-state index in [1.54, 1.807) is 0 Å². The quantitative estimate of drug-likeness (QED) is 0.769. The van der Waals surface area contributed by atoms with Crippen molar-refractivity contribution in [1.29, 1.82) is 0 Å². The lowest BCUT2D eigenvalue weighted by molar-refractivity contribution is -0.131. The monoisotopic (exact) mass is 334 g/mol. The summed E-state index contributed by atoms with van der Waals surface area (Å²) in [6, 6.07) is 1.21. The standard InChI is InChI=1S/2C10H17NO/c2*12-10-7-4-8-11(10)9-5-2-1-3-6-9/h2*9H,1-8H2. The molecule has 136 valence electrons. The van der Waals surface area contributed by atoms with Crippen molar-refractivity contribution in [3.8, 4) is 0 Å². The van der Waals surface area contributed by atoms with Gasteiger partial charge < -0.3 is 9.80 Å². The Hall–Kier alpha value is -1.06. The topological polar surface area (TPSA) is 40.6 Å². The zero-order chi connectivity index (χ0) is 16.8. The van der Waals surface area contributed by atoms with Gasteiger partial charge in [-0.2, -0.15) is 0 Å². The Kier molecular flexibility index (Phi) is 6.56. The maximum atomic E-state index is 11.4. The van der Waals surface area contributed by atoms with Crippen LogP contribution in [0.3, 0.4) is 0 Å². The molecule has 2 amide bonds. The molecular weight excluding hydrogens is 300 g/mol. The fraction of sp³-hybridized carbons (Fsp3) is 0.900. The zero-order valence-electron chi connectivity index (χ0n) is 15.2. The largest absolute Gasteiger partial charge is 0.340 e. The first-order chi connectivity index (χ1) is 11.8. The summed E-state index contributed by atoms with van der Waals surface area (Å²) < 4.78 is 0. The minimum absolute atomic E-state index is 0.405. The summed E-state index contributed by atoms with van der Waals surface area (Å²) in [5, 5.41) is 0. The van der Waals surface area contributed by atoms with Gasteiger partial charge in [-0.1, -0.05) is 38.5 Å². The Morgan fingerprint density at radius 3 is 1.21 bits per heavy atom. The summed E-state index contributed by atoms with van der Waals surface area (Å²) in [5.74, 6) is 0.809. The molecule has 2 saturated heterocycles. The van der Waals surface area contributed by atoms with Crippen molar-refractivity contribution in [1.82, 2.24) is 9.80 Å². The molecule has 0 atom stereocenters. The molecular formula is C20H34N2O2. The lowest BCUT2D eigenvalue weighted by Gasteiger charge is -2.30. The Balaban J connectivity index is 0.000000141. The molecule has 4 nitrogen and oxygen atoms in total. The van der Waals surface area contributed by atoms with E-state index >= 15 is 0 Å². The highest BCUT2D eigenvalue weighted by Crippen LogP contribution is 2.26. The van der Waals surface area contributed by atoms with Crippen LogP contribution in [-0.4, -0.2) is 46.8 Å². The van der Waals surface area contributed by atoms with Gasteiger partial charge in [0.1, 0.15) is 0 Å². The van der Waals surface area contributed by atoms with Crippen molar-refractivity contribution in [2.24, 2.45) is 0 Å². The van der Waals surface area contributed by atoms with Crippen LogP contribution in [0.2, 0.25) is 0 Å². The molecule has 0 unspecified atom stereocenters. The number of hydrogen-bond donors (Lipinski definition) is 0. The van der Waals surface area contributed by atoms with Gasteiger partial charge in [-0.25, -0.2) is 0 Å². The van der Waals surface area contributed by atoms with Crippen LogP contribution in [0.4, 0.5) is 0 Å². The number of rotatable bonds is 2. The molecule has 0 aromatic carbocycles. The lowest BCUT2D eigenvalue weighted by Crippen LogP contribution is -2.37. The molecule has 4 aliphatic rings. The van der Waals surface area contributed by atoms with Crippen molar-refractivity contribution in [2.75, 3.05) is 13.1 Å². The van der Waals surface area contributed by atoms with Crippen LogP contribution in [0.15, 0.2) is 0 Å². The molecule has 0 radical (unpaired) electrons. The van der Waals surface area contributed by atoms with Gasteiger partial charge in [-0.05, 0) is 38.5 Å². The number of carbonyl (C=O) groups is 2. The van der Waals surface area contributed by atoms with Crippen LogP contribution < -0.4 is 0 Å². The molecule has 4 fully saturated rings. The molecule has 2 aliphatic heterocycles. The molecule has 0 bridgehead atoms. The number of amides is 2. The maximum absolute atomic E-state index is 11.4. The van der Waals surface area contributed by atoms with Gasteiger partial charge in [-0.15, -0.1) is 0 Å². The number of hydrogen-bond acceptors (Lipinski definition) is 2. The molecule has 0 aromatic rings. The van der Waals surface area contributed by atoms with Gasteiger partial charge in [-0.3, -0.25) is 9.59 Å². The van der Waals surface area contributed by atoms with Crippen molar-refractivity contribution < 1.29 is 9.59 Å². The van der Waals surface area contributed by atoms with Crippen molar-refractivity contribution in [2.45, 2.75) is 102 Å². The average Bonchev–Trinajstić information content (AvgIpc) is 3.25. The highest BCUT2D eigenvalue weighted by molar-refractivity contribution is 5.78. The SMILES string of the molecule is O=C1CCCN1C1CCCCC1.O=C1CCCN1C1CCCCC1. The molecule has 0 aromatic heterocycles. The summed E-state index contributed by atoms with van der Waals surface area (Å²) in [6.07, 6.45) is 16.9. The van der Waals surface area contributed by atoms with Crippen LogP contribution in [0.25, 0.3) is 0 Å². The molecule has 4 heteroatoms. The predicted octanol–water partition coefficient (Wildman–Crippen LogP) is 3.88. The van der Waals surface area contributed by atoms with E-state index in [9.17, 15) is 9.59 Å². The third kappa shape index (κ3) is 4.52. The fourth-order valence-corrected chi connectivity index (χ4v) is 4.90. The van der Waals surface area contributed by atoms with Gasteiger partial charge in [0.15, 0.2) is 0 Å². The first-order valence-corrected chi connectivity index (χ1v) is 10.3. The molecule has 2 aliphatic carbocycles. The molecule has 24 heavy (non-hydrogen) atoms. The summed E-state index contributed by atoms with van der Waals surface area (Å²) in [5.41, 5.74) is 0. The van der Waals surface area contributed by atoms with Crippen molar-refractivity contribution >= 4 is 11.8 Å². The van der Waals surface area contributed by atoms with E-state index in [-0.39, 0.29) is 0 Å².